The van der Waals surface area contributed by atoms with Gasteiger partial charge in [-0.3, -0.25) is 9.69 Å². The second-order valence-electron chi connectivity index (χ2n) is 8.54. The highest BCUT2D eigenvalue weighted by Crippen LogP contribution is 2.45. The van der Waals surface area contributed by atoms with Gasteiger partial charge in [0.15, 0.2) is 0 Å². The molecule has 1 aliphatic heterocycles. The zero-order valence-electron chi connectivity index (χ0n) is 20.0. The van der Waals surface area contributed by atoms with Crippen molar-refractivity contribution in [2.75, 3.05) is 31.3 Å². The number of amides is 1. The molecule has 0 aliphatic carbocycles. The number of carbonyl (C=O) groups is 1. The number of thiophene rings is 1. The number of fused-ring (bicyclic) bond motifs is 2. The number of methoxy groups -OCH3 is 1. The number of hydrogen-bond donors (Lipinski definition) is 1. The number of rotatable bonds is 9. The van der Waals surface area contributed by atoms with Crippen LogP contribution in [-0.2, 0) is 17.8 Å². The number of thioether (sulfide) groups is 1. The van der Waals surface area contributed by atoms with Gasteiger partial charge in [0.1, 0.15) is 15.8 Å². The molecular formula is C27H29N3O2S3. The third-order valence-electron chi connectivity index (χ3n) is 6.09. The first-order chi connectivity index (χ1) is 17.1. The maximum absolute atomic E-state index is 13.0. The molecule has 0 radical (unpaired) electrons. The average molecular weight is 524 g/mol. The van der Waals surface area contributed by atoms with Crippen molar-refractivity contribution in [3.8, 4) is 16.3 Å². The van der Waals surface area contributed by atoms with E-state index in [1.807, 2.05) is 30.3 Å². The zero-order valence-corrected chi connectivity index (χ0v) is 22.5. The van der Waals surface area contributed by atoms with Crippen molar-refractivity contribution < 1.29 is 9.53 Å². The van der Waals surface area contributed by atoms with Crippen molar-refractivity contribution in [1.29, 1.82) is 0 Å². The monoisotopic (exact) mass is 523 g/mol. The molecule has 2 aromatic carbocycles. The first-order valence-corrected chi connectivity index (χ1v) is 14.6. The van der Waals surface area contributed by atoms with E-state index in [0.717, 1.165) is 70.0 Å². The minimum absolute atomic E-state index is 0.0531. The lowest BCUT2D eigenvalue weighted by molar-refractivity contribution is -0.115. The second kappa shape index (κ2) is 11.1. The van der Waals surface area contributed by atoms with Crippen LogP contribution in [0.25, 0.3) is 20.8 Å². The highest BCUT2D eigenvalue weighted by Gasteiger charge is 2.27. The van der Waals surface area contributed by atoms with Crippen LogP contribution in [0.5, 0.6) is 5.75 Å². The summed E-state index contributed by atoms with van der Waals surface area (Å²) < 4.78 is 6.40. The summed E-state index contributed by atoms with van der Waals surface area (Å²) >= 11 is 5.13. The zero-order chi connectivity index (χ0) is 24.2. The highest BCUT2D eigenvalue weighted by molar-refractivity contribution is 7.99. The van der Waals surface area contributed by atoms with E-state index in [-0.39, 0.29) is 5.91 Å². The van der Waals surface area contributed by atoms with Crippen LogP contribution >= 0.6 is 34.4 Å². The quantitative estimate of drug-likeness (QED) is 0.241. The number of benzene rings is 2. The Morgan fingerprint density at radius 2 is 2.00 bits per heavy atom. The second-order valence-corrected chi connectivity index (χ2v) is 11.8. The summed E-state index contributed by atoms with van der Waals surface area (Å²) in [4.78, 5) is 22.9. The summed E-state index contributed by atoms with van der Waals surface area (Å²) in [6.45, 7) is 5.35. The Hall–Kier alpha value is -2.39. The van der Waals surface area contributed by atoms with E-state index in [4.69, 9.17) is 9.72 Å². The molecule has 1 N–H and O–H groups in total. The Bertz CT molecular complexity index is 1280. The molecule has 0 bridgehead atoms. The van der Waals surface area contributed by atoms with E-state index in [2.05, 4.69) is 35.3 Å². The minimum Gasteiger partial charge on any atom is -0.497 e. The van der Waals surface area contributed by atoms with Gasteiger partial charge in [0.2, 0.25) is 5.91 Å². The molecule has 0 spiro atoms. The fourth-order valence-electron chi connectivity index (χ4n) is 4.38. The number of aromatic nitrogens is 1. The molecule has 3 heterocycles. The lowest BCUT2D eigenvalue weighted by atomic mass is 10.0. The van der Waals surface area contributed by atoms with Crippen LogP contribution in [0.1, 0.15) is 30.2 Å². The third-order valence-corrected chi connectivity index (χ3v) is 9.29. The first kappa shape index (κ1) is 24.3. The Labute approximate surface area is 218 Å². The molecule has 5 rings (SSSR count). The summed E-state index contributed by atoms with van der Waals surface area (Å²) in [5.74, 6) is 1.62. The topological polar surface area (TPSA) is 54.5 Å². The van der Waals surface area contributed by atoms with Crippen LogP contribution in [0.2, 0.25) is 0 Å². The molecule has 0 saturated heterocycles. The Morgan fingerprint density at radius 1 is 1.17 bits per heavy atom. The SMILES string of the molecule is CCCN1CCc2c(sc(NC(=O)CCSc3ccc(OC)cc3)c2-c2nc3ccccc3s2)C1. The summed E-state index contributed by atoms with van der Waals surface area (Å²) in [5, 5.41) is 5.22. The molecule has 4 aromatic rings. The van der Waals surface area contributed by atoms with Gasteiger partial charge < -0.3 is 10.1 Å². The number of nitrogens with zero attached hydrogens (tertiary/aromatic N) is 2. The van der Waals surface area contributed by atoms with E-state index in [1.165, 1.54) is 15.1 Å². The molecule has 0 fully saturated rings. The van der Waals surface area contributed by atoms with Crippen molar-refractivity contribution in [3.63, 3.8) is 0 Å². The largest absolute Gasteiger partial charge is 0.497 e. The molecule has 35 heavy (non-hydrogen) atoms. The molecule has 8 heteroatoms. The van der Waals surface area contributed by atoms with Crippen molar-refractivity contribution in [3.05, 3.63) is 59.0 Å². The standard InChI is InChI=1S/C27H29N3O2S3/c1-3-14-30-15-12-20-23(17-30)35-27(25(20)26-28-21-6-4-5-7-22(21)34-26)29-24(31)13-16-33-19-10-8-18(32-2)9-11-19/h4-11H,3,12-17H2,1-2H3,(H,29,31). The minimum atomic E-state index is 0.0531. The number of ether oxygens (including phenoxy) is 1. The Kier molecular flexibility index (Phi) is 7.72. The maximum atomic E-state index is 13.0. The van der Waals surface area contributed by atoms with E-state index in [1.54, 1.807) is 41.5 Å². The molecule has 182 valence electrons. The number of hydrogen-bond acceptors (Lipinski definition) is 7. The lowest BCUT2D eigenvalue weighted by Gasteiger charge is -2.26. The number of anilines is 1. The van der Waals surface area contributed by atoms with Crippen molar-refractivity contribution in [2.45, 2.75) is 37.6 Å². The van der Waals surface area contributed by atoms with Crippen molar-refractivity contribution in [1.82, 2.24) is 9.88 Å². The van der Waals surface area contributed by atoms with Gasteiger partial charge in [-0.2, -0.15) is 0 Å². The summed E-state index contributed by atoms with van der Waals surface area (Å²) in [6.07, 6.45) is 2.61. The van der Waals surface area contributed by atoms with E-state index in [0.29, 0.717) is 6.42 Å². The number of carbonyl (C=O) groups excluding carboxylic acids is 1. The van der Waals surface area contributed by atoms with Crippen LogP contribution in [0.4, 0.5) is 5.00 Å². The molecular weight excluding hydrogens is 495 g/mol. The van der Waals surface area contributed by atoms with Crippen LogP contribution in [0, 0.1) is 0 Å². The van der Waals surface area contributed by atoms with Gasteiger partial charge in [0, 0.05) is 40.6 Å². The smallest absolute Gasteiger partial charge is 0.225 e. The summed E-state index contributed by atoms with van der Waals surface area (Å²) in [5.41, 5.74) is 3.52. The van der Waals surface area contributed by atoms with E-state index < -0.39 is 0 Å². The normalized spacial score (nSPS) is 13.7. The average Bonchev–Trinajstić information content (AvgIpc) is 3.45. The van der Waals surface area contributed by atoms with Crippen LogP contribution < -0.4 is 10.1 Å². The molecule has 0 unspecified atom stereocenters. The fraction of sp³-hybridized carbons (Fsp3) is 0.333. The predicted molar refractivity (Wildman–Crippen MR) is 149 cm³/mol. The predicted octanol–water partition coefficient (Wildman–Crippen LogP) is 6.92. The number of nitrogens with one attached hydrogen (secondary N) is 1. The van der Waals surface area contributed by atoms with Gasteiger partial charge >= 0.3 is 0 Å². The third kappa shape index (κ3) is 5.56. The summed E-state index contributed by atoms with van der Waals surface area (Å²) in [6, 6.07) is 16.2. The maximum Gasteiger partial charge on any atom is 0.225 e. The highest BCUT2D eigenvalue weighted by atomic mass is 32.2. The first-order valence-electron chi connectivity index (χ1n) is 11.9. The van der Waals surface area contributed by atoms with E-state index in [9.17, 15) is 4.79 Å². The molecule has 0 saturated carbocycles. The molecule has 5 nitrogen and oxygen atoms in total. The van der Waals surface area contributed by atoms with Gasteiger partial charge in [-0.05, 0) is 61.3 Å². The number of para-hydroxylation sites is 1. The Balaban J connectivity index is 1.34. The van der Waals surface area contributed by atoms with Crippen LogP contribution in [0.15, 0.2) is 53.4 Å². The van der Waals surface area contributed by atoms with Gasteiger partial charge in [0.25, 0.3) is 0 Å². The molecule has 2 aromatic heterocycles. The molecule has 1 amide bonds. The van der Waals surface area contributed by atoms with Crippen LogP contribution in [-0.4, -0.2) is 41.7 Å². The number of thiazole rings is 1. The van der Waals surface area contributed by atoms with Gasteiger partial charge in [-0.25, -0.2) is 4.98 Å². The van der Waals surface area contributed by atoms with Crippen LogP contribution in [0.3, 0.4) is 0 Å². The lowest BCUT2D eigenvalue weighted by Crippen LogP contribution is -2.30. The Morgan fingerprint density at radius 3 is 2.77 bits per heavy atom. The van der Waals surface area contributed by atoms with E-state index >= 15 is 0 Å². The van der Waals surface area contributed by atoms with Gasteiger partial charge in [-0.1, -0.05) is 19.1 Å². The molecule has 0 atom stereocenters. The van der Waals surface area contributed by atoms with Crippen molar-refractivity contribution >= 4 is 55.6 Å². The van der Waals surface area contributed by atoms with Gasteiger partial charge in [0.05, 0.1) is 17.3 Å². The fourth-order valence-corrected chi connectivity index (χ4v) is 7.65. The van der Waals surface area contributed by atoms with Crippen molar-refractivity contribution in [2.24, 2.45) is 0 Å². The molecule has 1 aliphatic rings. The summed E-state index contributed by atoms with van der Waals surface area (Å²) in [7, 11) is 1.67. The van der Waals surface area contributed by atoms with Gasteiger partial charge in [-0.15, -0.1) is 34.4 Å².